The van der Waals surface area contributed by atoms with Gasteiger partial charge in [0.1, 0.15) is 5.75 Å². The Hall–Kier alpha value is -2.67. The maximum atomic E-state index is 12.3. The van der Waals surface area contributed by atoms with Crippen molar-refractivity contribution in [1.29, 1.82) is 0 Å². The quantitative estimate of drug-likeness (QED) is 0.657. The minimum absolute atomic E-state index is 0.0233. The Morgan fingerprint density at radius 2 is 1.79 bits per heavy atom. The molecule has 1 aromatic heterocycles. The number of hydrogen-bond donors (Lipinski definition) is 1. The Bertz CT molecular complexity index is 772. The molecule has 2 fully saturated rings. The van der Waals surface area contributed by atoms with Crippen LogP contribution in [0.5, 0.6) is 5.75 Å². The molecular formula is C22H29N5O2. The van der Waals surface area contributed by atoms with Crippen molar-refractivity contribution in [1.82, 2.24) is 20.2 Å². The van der Waals surface area contributed by atoms with Gasteiger partial charge in [0.15, 0.2) is 0 Å². The summed E-state index contributed by atoms with van der Waals surface area (Å²) in [6, 6.07) is 9.27. The molecule has 1 saturated carbocycles. The van der Waals surface area contributed by atoms with E-state index in [1.807, 2.05) is 30.3 Å². The number of nitrogens with one attached hydrogen (secondary N) is 1. The standard InChI is InChI=1S/C22H29N5O2/c28-21(19-5-7-20(8-6-19)29-17-18-3-4-18)23-11-2-12-26-13-15-27(16-14-26)22-24-9-1-10-25-22/h1,5-10,18H,2-4,11-17H2,(H,23,28). The van der Waals surface area contributed by atoms with Gasteiger partial charge in [0.2, 0.25) is 5.95 Å². The maximum Gasteiger partial charge on any atom is 0.251 e. The summed E-state index contributed by atoms with van der Waals surface area (Å²) in [5.74, 6) is 2.36. The first-order valence-corrected chi connectivity index (χ1v) is 10.5. The summed E-state index contributed by atoms with van der Waals surface area (Å²) in [4.78, 5) is 25.6. The smallest absolute Gasteiger partial charge is 0.251 e. The minimum Gasteiger partial charge on any atom is -0.493 e. The molecule has 4 rings (SSSR count). The lowest BCUT2D eigenvalue weighted by Gasteiger charge is -2.34. The van der Waals surface area contributed by atoms with Gasteiger partial charge in [0.05, 0.1) is 6.61 Å². The number of amides is 1. The lowest BCUT2D eigenvalue weighted by atomic mass is 10.2. The lowest BCUT2D eigenvalue weighted by Crippen LogP contribution is -2.47. The van der Waals surface area contributed by atoms with Gasteiger partial charge in [-0.25, -0.2) is 9.97 Å². The first-order valence-electron chi connectivity index (χ1n) is 10.5. The third-order valence-electron chi connectivity index (χ3n) is 5.44. The van der Waals surface area contributed by atoms with Crippen LogP contribution in [0.1, 0.15) is 29.6 Å². The van der Waals surface area contributed by atoms with E-state index in [0.29, 0.717) is 12.1 Å². The van der Waals surface area contributed by atoms with Crippen LogP contribution in [0.3, 0.4) is 0 Å². The van der Waals surface area contributed by atoms with Gasteiger partial charge < -0.3 is 15.0 Å². The lowest BCUT2D eigenvalue weighted by molar-refractivity contribution is 0.0951. The van der Waals surface area contributed by atoms with Crippen molar-refractivity contribution in [2.24, 2.45) is 5.92 Å². The highest BCUT2D eigenvalue weighted by Crippen LogP contribution is 2.29. The van der Waals surface area contributed by atoms with Crippen LogP contribution in [0.15, 0.2) is 42.7 Å². The van der Waals surface area contributed by atoms with E-state index in [1.165, 1.54) is 12.8 Å². The third kappa shape index (κ3) is 5.90. The molecule has 1 saturated heterocycles. The van der Waals surface area contributed by atoms with Gasteiger partial charge >= 0.3 is 0 Å². The number of anilines is 1. The molecule has 7 nitrogen and oxygen atoms in total. The first kappa shape index (κ1) is 19.6. The van der Waals surface area contributed by atoms with E-state index in [9.17, 15) is 4.79 Å². The molecule has 1 aromatic carbocycles. The Morgan fingerprint density at radius 3 is 2.48 bits per heavy atom. The second-order valence-corrected chi connectivity index (χ2v) is 7.77. The molecule has 1 N–H and O–H groups in total. The molecule has 0 bridgehead atoms. The van der Waals surface area contributed by atoms with Crippen molar-refractivity contribution in [3.05, 3.63) is 48.3 Å². The predicted molar refractivity (Wildman–Crippen MR) is 112 cm³/mol. The van der Waals surface area contributed by atoms with Crippen LogP contribution in [-0.2, 0) is 0 Å². The van der Waals surface area contributed by atoms with Gasteiger partial charge in [-0.15, -0.1) is 0 Å². The fraction of sp³-hybridized carbons (Fsp3) is 0.500. The molecule has 2 aromatic rings. The van der Waals surface area contributed by atoms with Gasteiger partial charge in [0.25, 0.3) is 5.91 Å². The minimum atomic E-state index is -0.0233. The second-order valence-electron chi connectivity index (χ2n) is 7.77. The fourth-order valence-electron chi connectivity index (χ4n) is 3.43. The summed E-state index contributed by atoms with van der Waals surface area (Å²) >= 11 is 0. The summed E-state index contributed by atoms with van der Waals surface area (Å²) in [5.41, 5.74) is 0.681. The van der Waals surface area contributed by atoms with E-state index in [4.69, 9.17) is 4.74 Å². The summed E-state index contributed by atoms with van der Waals surface area (Å²) in [6.07, 6.45) is 7.06. The second kappa shape index (κ2) is 9.69. The molecule has 0 radical (unpaired) electrons. The highest BCUT2D eigenvalue weighted by atomic mass is 16.5. The molecular weight excluding hydrogens is 366 g/mol. The van der Waals surface area contributed by atoms with Crippen molar-refractivity contribution in [2.75, 3.05) is 50.8 Å². The van der Waals surface area contributed by atoms with Gasteiger partial charge in [-0.05, 0) is 62.1 Å². The normalized spacial score (nSPS) is 17.2. The van der Waals surface area contributed by atoms with E-state index in [0.717, 1.165) is 63.4 Å². The van der Waals surface area contributed by atoms with Crippen molar-refractivity contribution >= 4 is 11.9 Å². The molecule has 1 aliphatic carbocycles. The SMILES string of the molecule is O=C(NCCCN1CCN(c2ncccn2)CC1)c1ccc(OCC2CC2)cc1. The van der Waals surface area contributed by atoms with E-state index in [1.54, 1.807) is 12.4 Å². The average Bonchev–Trinajstić information content (AvgIpc) is 3.61. The largest absolute Gasteiger partial charge is 0.493 e. The summed E-state index contributed by atoms with van der Waals surface area (Å²) in [6.45, 7) is 6.32. The summed E-state index contributed by atoms with van der Waals surface area (Å²) in [5, 5.41) is 3.02. The van der Waals surface area contributed by atoms with Gasteiger partial charge in [-0.2, -0.15) is 0 Å². The zero-order valence-corrected chi connectivity index (χ0v) is 16.8. The van der Waals surface area contributed by atoms with Gasteiger partial charge in [-0.1, -0.05) is 0 Å². The third-order valence-corrected chi connectivity index (χ3v) is 5.44. The zero-order valence-electron chi connectivity index (χ0n) is 16.8. The van der Waals surface area contributed by atoms with E-state index in [2.05, 4.69) is 25.1 Å². The fourth-order valence-corrected chi connectivity index (χ4v) is 3.43. The number of hydrogen-bond acceptors (Lipinski definition) is 6. The van der Waals surface area contributed by atoms with Crippen molar-refractivity contribution in [2.45, 2.75) is 19.3 Å². The first-order chi connectivity index (χ1) is 14.3. The Morgan fingerprint density at radius 1 is 1.07 bits per heavy atom. The molecule has 1 aliphatic heterocycles. The molecule has 7 heteroatoms. The Kier molecular flexibility index (Phi) is 6.56. The Labute approximate surface area is 172 Å². The number of benzene rings is 1. The van der Waals surface area contributed by atoms with Crippen LogP contribution >= 0.6 is 0 Å². The summed E-state index contributed by atoms with van der Waals surface area (Å²) < 4.78 is 5.72. The number of piperazine rings is 1. The average molecular weight is 396 g/mol. The molecule has 0 spiro atoms. The number of carbonyl (C=O) groups excluding carboxylic acids is 1. The predicted octanol–water partition coefficient (Wildman–Crippen LogP) is 2.21. The highest BCUT2D eigenvalue weighted by molar-refractivity contribution is 5.94. The molecule has 2 heterocycles. The number of aromatic nitrogens is 2. The molecule has 0 atom stereocenters. The topological polar surface area (TPSA) is 70.6 Å². The van der Waals surface area contributed by atoms with Crippen LogP contribution in [-0.4, -0.2) is 66.7 Å². The summed E-state index contributed by atoms with van der Waals surface area (Å²) in [7, 11) is 0. The van der Waals surface area contributed by atoms with Crippen molar-refractivity contribution < 1.29 is 9.53 Å². The van der Waals surface area contributed by atoms with Crippen LogP contribution in [0.4, 0.5) is 5.95 Å². The molecule has 0 unspecified atom stereocenters. The van der Waals surface area contributed by atoms with Gasteiger partial charge in [0, 0.05) is 50.7 Å². The maximum absolute atomic E-state index is 12.3. The Balaban J connectivity index is 1.11. The van der Waals surface area contributed by atoms with Crippen LogP contribution in [0, 0.1) is 5.92 Å². The molecule has 1 amide bonds. The molecule has 2 aliphatic rings. The number of carbonyl (C=O) groups is 1. The van der Waals surface area contributed by atoms with Crippen LogP contribution in [0.25, 0.3) is 0 Å². The molecule has 29 heavy (non-hydrogen) atoms. The number of nitrogens with zero attached hydrogens (tertiary/aromatic N) is 4. The van der Waals surface area contributed by atoms with E-state index < -0.39 is 0 Å². The number of ether oxygens (including phenoxy) is 1. The van der Waals surface area contributed by atoms with Crippen LogP contribution < -0.4 is 15.0 Å². The number of rotatable bonds is 9. The molecule has 154 valence electrons. The zero-order chi connectivity index (χ0) is 19.9. The highest BCUT2D eigenvalue weighted by Gasteiger charge is 2.22. The monoisotopic (exact) mass is 395 g/mol. The van der Waals surface area contributed by atoms with E-state index in [-0.39, 0.29) is 5.91 Å². The van der Waals surface area contributed by atoms with Crippen LogP contribution in [0.2, 0.25) is 0 Å². The van der Waals surface area contributed by atoms with Crippen molar-refractivity contribution in [3.8, 4) is 5.75 Å². The van der Waals surface area contributed by atoms with Gasteiger partial charge in [-0.3, -0.25) is 9.69 Å². The van der Waals surface area contributed by atoms with Crippen molar-refractivity contribution in [3.63, 3.8) is 0 Å². The van der Waals surface area contributed by atoms with E-state index >= 15 is 0 Å².